The van der Waals surface area contributed by atoms with Gasteiger partial charge in [-0.25, -0.2) is 0 Å². The first kappa shape index (κ1) is 19.9. The maximum absolute atomic E-state index is 12.7. The van der Waals surface area contributed by atoms with Gasteiger partial charge in [0.15, 0.2) is 0 Å². The van der Waals surface area contributed by atoms with Crippen LogP contribution in [-0.2, 0) is 4.79 Å². The number of hydrogen-bond donors (Lipinski definition) is 0. The number of likely N-dealkylation sites (tertiary alicyclic amines) is 1. The number of methoxy groups -OCH3 is 1. The van der Waals surface area contributed by atoms with E-state index in [9.17, 15) is 4.79 Å². The molecule has 2 aliphatic rings. The Morgan fingerprint density at radius 1 is 1.19 bits per heavy atom. The number of ether oxygens (including phenoxy) is 1. The monoisotopic (exact) mass is 393 g/mol. The molecule has 2 atom stereocenters. The minimum Gasteiger partial charge on any atom is -0.497 e. The van der Waals surface area contributed by atoms with Crippen LogP contribution < -0.4 is 4.74 Å². The lowest BCUT2D eigenvalue weighted by Crippen LogP contribution is -2.33. The van der Waals surface area contributed by atoms with Crippen molar-refractivity contribution >= 4 is 27.5 Å². The van der Waals surface area contributed by atoms with Gasteiger partial charge in [0.05, 0.1) is 7.11 Å². The summed E-state index contributed by atoms with van der Waals surface area (Å²) >= 11 is 0. The van der Waals surface area contributed by atoms with Gasteiger partial charge in [-0.2, -0.15) is 0 Å². The maximum Gasteiger partial charge on any atom is 0.222 e. The van der Waals surface area contributed by atoms with Gasteiger partial charge in [0.2, 0.25) is 5.91 Å². The van der Waals surface area contributed by atoms with E-state index in [4.69, 9.17) is 4.74 Å². The Hall–Kier alpha value is -0.810. The standard InChI is InChI=1S/C21H31NO2S2/c1-24-19-11-9-17(10-12-19)18-6-4-5-14-22(16-18)21(23)8-3-2-7-20-13-15-25-26-20/h9-12,18,20H,2-8,13-16H2,1H3. The second-order valence-corrected chi connectivity index (χ2v) is 10.2. The third kappa shape index (κ3) is 5.85. The number of rotatable bonds is 7. The van der Waals surface area contributed by atoms with Crippen LogP contribution >= 0.6 is 21.6 Å². The molecule has 144 valence electrons. The molecule has 0 saturated carbocycles. The highest BCUT2D eigenvalue weighted by molar-refractivity contribution is 8.77. The molecule has 2 unspecified atom stereocenters. The Morgan fingerprint density at radius 3 is 2.77 bits per heavy atom. The number of carbonyl (C=O) groups excluding carboxylic acids is 1. The second-order valence-electron chi connectivity index (χ2n) is 7.38. The van der Waals surface area contributed by atoms with E-state index in [1.165, 1.54) is 43.4 Å². The molecule has 0 bridgehead atoms. The zero-order valence-electron chi connectivity index (χ0n) is 15.8. The highest BCUT2D eigenvalue weighted by Gasteiger charge is 2.23. The summed E-state index contributed by atoms with van der Waals surface area (Å²) in [4.78, 5) is 14.8. The van der Waals surface area contributed by atoms with Crippen molar-refractivity contribution in [3.8, 4) is 5.75 Å². The van der Waals surface area contributed by atoms with Crippen molar-refractivity contribution in [2.45, 2.75) is 62.5 Å². The first-order chi connectivity index (χ1) is 12.8. The molecule has 26 heavy (non-hydrogen) atoms. The Morgan fingerprint density at radius 2 is 2.04 bits per heavy atom. The van der Waals surface area contributed by atoms with Gasteiger partial charge in [-0.05, 0) is 49.8 Å². The van der Waals surface area contributed by atoms with Gasteiger partial charge >= 0.3 is 0 Å². The fourth-order valence-electron chi connectivity index (χ4n) is 3.89. The lowest BCUT2D eigenvalue weighted by atomic mass is 9.94. The zero-order chi connectivity index (χ0) is 18.2. The zero-order valence-corrected chi connectivity index (χ0v) is 17.5. The van der Waals surface area contributed by atoms with Crippen LogP contribution in [0, 0.1) is 0 Å². The van der Waals surface area contributed by atoms with Crippen LogP contribution in [0.25, 0.3) is 0 Å². The first-order valence-corrected chi connectivity index (χ1v) is 12.3. The van der Waals surface area contributed by atoms with E-state index in [0.29, 0.717) is 11.8 Å². The smallest absolute Gasteiger partial charge is 0.222 e. The summed E-state index contributed by atoms with van der Waals surface area (Å²) in [5.41, 5.74) is 1.33. The lowest BCUT2D eigenvalue weighted by molar-refractivity contribution is -0.131. The normalized spacial score (nSPS) is 23.7. The van der Waals surface area contributed by atoms with Crippen molar-refractivity contribution in [3.05, 3.63) is 29.8 Å². The van der Waals surface area contributed by atoms with Gasteiger partial charge in [-0.15, -0.1) is 0 Å². The molecule has 2 heterocycles. The van der Waals surface area contributed by atoms with Gasteiger partial charge in [-0.3, -0.25) is 4.79 Å². The summed E-state index contributed by atoms with van der Waals surface area (Å²) in [6.45, 7) is 1.81. The Bertz CT molecular complexity index is 558. The predicted molar refractivity (Wildman–Crippen MR) is 113 cm³/mol. The highest BCUT2D eigenvalue weighted by atomic mass is 33.1. The molecule has 0 N–H and O–H groups in total. The van der Waals surface area contributed by atoms with Crippen molar-refractivity contribution in [2.24, 2.45) is 0 Å². The summed E-state index contributed by atoms with van der Waals surface area (Å²) in [6.07, 6.45) is 9.10. The van der Waals surface area contributed by atoms with Crippen LogP contribution in [-0.4, -0.2) is 42.0 Å². The summed E-state index contributed by atoms with van der Waals surface area (Å²) in [5.74, 6) is 3.02. The molecular formula is C21H31NO2S2. The Labute approximate surface area is 166 Å². The van der Waals surface area contributed by atoms with Crippen molar-refractivity contribution in [2.75, 3.05) is 26.0 Å². The molecular weight excluding hydrogens is 362 g/mol. The van der Waals surface area contributed by atoms with Gasteiger partial charge in [0, 0.05) is 36.4 Å². The molecule has 1 amide bonds. The van der Waals surface area contributed by atoms with E-state index in [2.05, 4.69) is 17.0 Å². The van der Waals surface area contributed by atoms with Gasteiger partial charge in [0.1, 0.15) is 5.75 Å². The van der Waals surface area contributed by atoms with Crippen molar-refractivity contribution in [3.63, 3.8) is 0 Å². The minimum atomic E-state index is 0.360. The fourth-order valence-corrected chi connectivity index (χ4v) is 6.92. The average Bonchev–Trinajstić information content (AvgIpc) is 3.07. The predicted octanol–water partition coefficient (Wildman–Crippen LogP) is 5.51. The number of nitrogens with zero attached hydrogens (tertiary/aromatic N) is 1. The first-order valence-electron chi connectivity index (χ1n) is 9.96. The van der Waals surface area contributed by atoms with Crippen LogP contribution in [0.1, 0.15) is 62.8 Å². The summed E-state index contributed by atoms with van der Waals surface area (Å²) in [6, 6.07) is 8.39. The summed E-state index contributed by atoms with van der Waals surface area (Å²) in [5, 5.41) is 0.827. The quantitative estimate of drug-likeness (QED) is 0.451. The molecule has 0 spiro atoms. The lowest BCUT2D eigenvalue weighted by Gasteiger charge is -2.25. The second kappa shape index (κ2) is 10.5. The third-order valence-electron chi connectivity index (χ3n) is 5.51. The van der Waals surface area contributed by atoms with Crippen molar-refractivity contribution < 1.29 is 9.53 Å². The van der Waals surface area contributed by atoms with E-state index in [1.54, 1.807) is 7.11 Å². The number of benzene rings is 1. The molecule has 1 aromatic carbocycles. The molecule has 3 rings (SSSR count). The molecule has 2 saturated heterocycles. The van der Waals surface area contributed by atoms with E-state index >= 15 is 0 Å². The minimum absolute atomic E-state index is 0.360. The van der Waals surface area contributed by atoms with Gasteiger partial charge in [-0.1, -0.05) is 46.6 Å². The van der Waals surface area contributed by atoms with Crippen LogP contribution in [0.15, 0.2) is 24.3 Å². The number of hydrogen-bond acceptors (Lipinski definition) is 4. The largest absolute Gasteiger partial charge is 0.497 e. The van der Waals surface area contributed by atoms with E-state index < -0.39 is 0 Å². The Kier molecular flexibility index (Phi) is 8.06. The van der Waals surface area contributed by atoms with Crippen LogP contribution in [0.5, 0.6) is 5.75 Å². The molecule has 5 heteroatoms. The highest BCUT2D eigenvalue weighted by Crippen LogP contribution is 2.40. The number of amides is 1. The summed E-state index contributed by atoms with van der Waals surface area (Å²) < 4.78 is 5.26. The molecule has 0 aromatic heterocycles. The molecule has 1 aromatic rings. The van der Waals surface area contributed by atoms with Crippen molar-refractivity contribution in [1.82, 2.24) is 4.90 Å². The number of carbonyl (C=O) groups is 1. The fraction of sp³-hybridized carbons (Fsp3) is 0.667. The van der Waals surface area contributed by atoms with Gasteiger partial charge < -0.3 is 9.64 Å². The Balaban J connectivity index is 1.47. The third-order valence-corrected chi connectivity index (χ3v) is 8.51. The molecule has 0 radical (unpaired) electrons. The number of unbranched alkanes of at least 4 members (excludes halogenated alkanes) is 1. The maximum atomic E-state index is 12.7. The topological polar surface area (TPSA) is 29.5 Å². The van der Waals surface area contributed by atoms with E-state index in [-0.39, 0.29) is 0 Å². The summed E-state index contributed by atoms with van der Waals surface area (Å²) in [7, 11) is 5.75. The SMILES string of the molecule is COc1ccc(C2CCCCN(C(=O)CCCCC3CCSS3)C2)cc1. The van der Waals surface area contributed by atoms with Gasteiger partial charge in [0.25, 0.3) is 0 Å². The molecule has 2 aliphatic heterocycles. The van der Waals surface area contributed by atoms with Crippen LogP contribution in [0.3, 0.4) is 0 Å². The van der Waals surface area contributed by atoms with E-state index in [1.807, 2.05) is 33.7 Å². The van der Waals surface area contributed by atoms with Crippen LogP contribution in [0.4, 0.5) is 0 Å². The van der Waals surface area contributed by atoms with Crippen molar-refractivity contribution in [1.29, 1.82) is 0 Å². The van der Waals surface area contributed by atoms with E-state index in [0.717, 1.165) is 43.4 Å². The average molecular weight is 394 g/mol. The molecule has 3 nitrogen and oxygen atoms in total. The van der Waals surface area contributed by atoms with Crippen LogP contribution in [0.2, 0.25) is 0 Å². The molecule has 0 aliphatic carbocycles. The molecule has 2 fully saturated rings.